The number of aromatic nitrogens is 2. The van der Waals surface area contributed by atoms with Gasteiger partial charge in [-0.3, -0.25) is 14.3 Å². The summed E-state index contributed by atoms with van der Waals surface area (Å²) < 4.78 is 1.65. The van der Waals surface area contributed by atoms with E-state index in [1.165, 1.54) is 6.20 Å². The van der Waals surface area contributed by atoms with E-state index in [-0.39, 0.29) is 18.4 Å². The Kier molecular flexibility index (Phi) is 5.54. The highest BCUT2D eigenvalue weighted by molar-refractivity contribution is 5.93. The van der Waals surface area contributed by atoms with Crippen LogP contribution in [0, 0.1) is 11.8 Å². The van der Waals surface area contributed by atoms with E-state index in [1.54, 1.807) is 10.9 Å². The standard InChI is InChI=1S/C13H21N3O3/c1-4-16-8-11(7-15-16)12(17)14-6-10(13(18)19)5-9(2)3/h7-10H,4-6H2,1-3H3,(H,14,17)(H,18,19). The summed E-state index contributed by atoms with van der Waals surface area (Å²) in [6.45, 7) is 6.69. The molecule has 1 heterocycles. The van der Waals surface area contributed by atoms with Gasteiger partial charge in [0.15, 0.2) is 0 Å². The second-order valence-electron chi connectivity index (χ2n) is 4.96. The van der Waals surface area contributed by atoms with Gasteiger partial charge >= 0.3 is 5.97 Å². The van der Waals surface area contributed by atoms with Crippen molar-refractivity contribution in [3.05, 3.63) is 18.0 Å². The van der Waals surface area contributed by atoms with Crippen molar-refractivity contribution in [1.82, 2.24) is 15.1 Å². The first-order valence-corrected chi connectivity index (χ1v) is 6.47. The van der Waals surface area contributed by atoms with E-state index in [2.05, 4.69) is 10.4 Å². The summed E-state index contributed by atoms with van der Waals surface area (Å²) >= 11 is 0. The van der Waals surface area contributed by atoms with Gasteiger partial charge in [0.25, 0.3) is 5.91 Å². The van der Waals surface area contributed by atoms with Crippen LogP contribution in [0.3, 0.4) is 0 Å². The van der Waals surface area contributed by atoms with Gasteiger partial charge < -0.3 is 10.4 Å². The second-order valence-corrected chi connectivity index (χ2v) is 4.96. The third-order valence-electron chi connectivity index (χ3n) is 2.83. The fraction of sp³-hybridized carbons (Fsp3) is 0.615. The first-order valence-electron chi connectivity index (χ1n) is 6.47. The molecule has 0 aliphatic rings. The highest BCUT2D eigenvalue weighted by atomic mass is 16.4. The van der Waals surface area contributed by atoms with Gasteiger partial charge in [-0.15, -0.1) is 0 Å². The number of rotatable bonds is 7. The van der Waals surface area contributed by atoms with Crippen LogP contribution in [-0.2, 0) is 11.3 Å². The largest absolute Gasteiger partial charge is 0.481 e. The number of carboxylic acid groups (broad SMARTS) is 1. The van der Waals surface area contributed by atoms with Crippen molar-refractivity contribution in [1.29, 1.82) is 0 Å². The van der Waals surface area contributed by atoms with Crippen LogP contribution in [0.4, 0.5) is 0 Å². The van der Waals surface area contributed by atoms with Crippen LogP contribution in [0.5, 0.6) is 0 Å². The quantitative estimate of drug-likeness (QED) is 0.781. The smallest absolute Gasteiger partial charge is 0.308 e. The van der Waals surface area contributed by atoms with Crippen LogP contribution in [0.25, 0.3) is 0 Å². The normalized spacial score (nSPS) is 12.4. The minimum absolute atomic E-state index is 0.143. The molecule has 0 bridgehead atoms. The van der Waals surface area contributed by atoms with Crippen LogP contribution >= 0.6 is 0 Å². The molecule has 106 valence electrons. The average molecular weight is 267 g/mol. The Morgan fingerprint density at radius 2 is 2.16 bits per heavy atom. The Bertz CT molecular complexity index is 440. The zero-order valence-corrected chi connectivity index (χ0v) is 11.6. The lowest BCUT2D eigenvalue weighted by molar-refractivity contribution is -0.142. The number of aliphatic carboxylic acids is 1. The summed E-state index contributed by atoms with van der Waals surface area (Å²) in [6.07, 6.45) is 3.68. The molecule has 0 aromatic carbocycles. The molecule has 0 aliphatic heterocycles. The van der Waals surface area contributed by atoms with Crippen LogP contribution in [0.2, 0.25) is 0 Å². The van der Waals surface area contributed by atoms with Gasteiger partial charge in [-0.2, -0.15) is 5.10 Å². The Hall–Kier alpha value is -1.85. The molecular formula is C13H21N3O3. The molecule has 6 nitrogen and oxygen atoms in total. The summed E-state index contributed by atoms with van der Waals surface area (Å²) in [7, 11) is 0. The van der Waals surface area contributed by atoms with Crippen LogP contribution in [0.15, 0.2) is 12.4 Å². The van der Waals surface area contributed by atoms with Gasteiger partial charge in [0.2, 0.25) is 0 Å². The lowest BCUT2D eigenvalue weighted by Crippen LogP contribution is -2.33. The number of carbonyl (C=O) groups excluding carboxylic acids is 1. The van der Waals surface area contributed by atoms with Crippen molar-refractivity contribution in [3.63, 3.8) is 0 Å². The minimum Gasteiger partial charge on any atom is -0.481 e. The number of carboxylic acids is 1. The molecule has 1 atom stereocenters. The topological polar surface area (TPSA) is 84.2 Å². The first-order chi connectivity index (χ1) is 8.93. The summed E-state index contributed by atoms with van der Waals surface area (Å²) in [6, 6.07) is 0. The molecular weight excluding hydrogens is 246 g/mol. The van der Waals surface area contributed by atoms with Crippen molar-refractivity contribution in [3.8, 4) is 0 Å². The number of carbonyl (C=O) groups is 2. The van der Waals surface area contributed by atoms with E-state index in [0.717, 1.165) is 0 Å². The van der Waals surface area contributed by atoms with Crippen molar-refractivity contribution >= 4 is 11.9 Å². The average Bonchev–Trinajstić information content (AvgIpc) is 2.82. The predicted octanol–water partition coefficient (Wildman–Crippen LogP) is 1.38. The zero-order valence-electron chi connectivity index (χ0n) is 11.6. The fourth-order valence-corrected chi connectivity index (χ4v) is 1.81. The number of aryl methyl sites for hydroxylation is 1. The van der Waals surface area contributed by atoms with Crippen LogP contribution in [0.1, 0.15) is 37.6 Å². The number of amides is 1. The molecule has 0 aliphatic carbocycles. The van der Waals surface area contributed by atoms with Gasteiger partial charge in [-0.1, -0.05) is 13.8 Å². The second kappa shape index (κ2) is 6.92. The van der Waals surface area contributed by atoms with E-state index >= 15 is 0 Å². The van der Waals surface area contributed by atoms with Crippen molar-refractivity contribution in [2.24, 2.45) is 11.8 Å². The molecule has 1 rings (SSSR count). The first kappa shape index (κ1) is 15.2. The van der Waals surface area contributed by atoms with Crippen LogP contribution < -0.4 is 5.32 Å². The Balaban J connectivity index is 2.54. The molecule has 19 heavy (non-hydrogen) atoms. The zero-order chi connectivity index (χ0) is 14.4. The maximum Gasteiger partial charge on any atom is 0.308 e. The summed E-state index contributed by atoms with van der Waals surface area (Å²) in [5, 5.41) is 15.7. The Morgan fingerprint density at radius 3 is 2.63 bits per heavy atom. The van der Waals surface area contributed by atoms with E-state index in [9.17, 15) is 9.59 Å². The third kappa shape index (κ3) is 4.73. The molecule has 6 heteroatoms. The van der Waals surface area contributed by atoms with E-state index in [1.807, 2.05) is 20.8 Å². The van der Waals surface area contributed by atoms with Gasteiger partial charge in [0.1, 0.15) is 0 Å². The maximum atomic E-state index is 11.8. The molecule has 2 N–H and O–H groups in total. The lowest BCUT2D eigenvalue weighted by atomic mass is 9.97. The highest BCUT2D eigenvalue weighted by Crippen LogP contribution is 2.11. The van der Waals surface area contributed by atoms with Gasteiger partial charge in [-0.25, -0.2) is 0 Å². The van der Waals surface area contributed by atoms with Gasteiger partial charge in [0.05, 0.1) is 17.7 Å². The minimum atomic E-state index is -0.877. The van der Waals surface area contributed by atoms with Gasteiger partial charge in [0, 0.05) is 19.3 Å². The highest BCUT2D eigenvalue weighted by Gasteiger charge is 2.20. The molecule has 0 saturated carbocycles. The Labute approximate surface area is 112 Å². The SMILES string of the molecule is CCn1cc(C(=O)NCC(CC(C)C)C(=O)O)cn1. The number of nitrogens with one attached hydrogen (secondary N) is 1. The van der Waals surface area contributed by atoms with E-state index < -0.39 is 11.9 Å². The monoisotopic (exact) mass is 267 g/mol. The molecule has 0 saturated heterocycles. The number of hydrogen-bond acceptors (Lipinski definition) is 3. The molecule has 0 spiro atoms. The molecule has 1 aromatic rings. The molecule has 0 radical (unpaired) electrons. The van der Waals surface area contributed by atoms with E-state index in [0.29, 0.717) is 18.5 Å². The lowest BCUT2D eigenvalue weighted by Gasteiger charge is -2.14. The van der Waals surface area contributed by atoms with Crippen molar-refractivity contribution in [2.75, 3.05) is 6.54 Å². The summed E-state index contributed by atoms with van der Waals surface area (Å²) in [5.41, 5.74) is 0.454. The predicted molar refractivity (Wildman–Crippen MR) is 70.8 cm³/mol. The fourth-order valence-electron chi connectivity index (χ4n) is 1.81. The van der Waals surface area contributed by atoms with E-state index in [4.69, 9.17) is 5.11 Å². The van der Waals surface area contributed by atoms with Crippen molar-refractivity contribution < 1.29 is 14.7 Å². The molecule has 1 unspecified atom stereocenters. The third-order valence-corrected chi connectivity index (χ3v) is 2.83. The summed E-state index contributed by atoms with van der Waals surface area (Å²) in [5.74, 6) is -1.43. The molecule has 1 aromatic heterocycles. The summed E-state index contributed by atoms with van der Waals surface area (Å²) in [4.78, 5) is 22.9. The van der Waals surface area contributed by atoms with Crippen molar-refractivity contribution in [2.45, 2.75) is 33.7 Å². The molecule has 0 fully saturated rings. The van der Waals surface area contributed by atoms with Gasteiger partial charge in [-0.05, 0) is 19.3 Å². The van der Waals surface area contributed by atoms with Crippen LogP contribution in [-0.4, -0.2) is 33.3 Å². The Morgan fingerprint density at radius 1 is 1.47 bits per heavy atom. The molecule has 1 amide bonds. The maximum absolute atomic E-state index is 11.8. The number of nitrogens with zero attached hydrogens (tertiary/aromatic N) is 2. The number of hydrogen-bond donors (Lipinski definition) is 2.